The van der Waals surface area contributed by atoms with Gasteiger partial charge in [-0.05, 0) is 35.9 Å². The van der Waals surface area contributed by atoms with E-state index in [0.29, 0.717) is 17.0 Å². The molecule has 136 valence electrons. The second-order valence-corrected chi connectivity index (χ2v) is 5.41. The first-order valence-electron chi connectivity index (χ1n) is 7.85. The third-order valence-electron chi connectivity index (χ3n) is 3.69. The Balaban J connectivity index is 1.67. The van der Waals surface area contributed by atoms with Crippen LogP contribution in [-0.2, 0) is 0 Å². The Kier molecular flexibility index (Phi) is 5.22. The highest BCUT2D eigenvalue weighted by molar-refractivity contribution is 5.94. The molecule has 1 heterocycles. The second-order valence-electron chi connectivity index (χ2n) is 5.41. The van der Waals surface area contributed by atoms with Gasteiger partial charge in [0.1, 0.15) is 11.4 Å². The summed E-state index contributed by atoms with van der Waals surface area (Å²) in [4.78, 5) is 22.3. The standard InChI is InChI=1S/C18H15N5O4/c1-27-17-5-3-2-4-14(17)15-10-16(21-20-15)18(24)22-19-11-12-6-8-13(9-7-12)23(25)26/h2-11H,1H3,(H,20,21)(H,22,24)/b19-11-. The first kappa shape index (κ1) is 17.8. The van der Waals surface area contributed by atoms with Crippen molar-refractivity contribution in [3.8, 4) is 17.0 Å². The summed E-state index contributed by atoms with van der Waals surface area (Å²) < 4.78 is 5.29. The normalized spacial score (nSPS) is 10.7. The van der Waals surface area contributed by atoms with Gasteiger partial charge in [-0.2, -0.15) is 10.2 Å². The Bertz CT molecular complexity index is 995. The maximum atomic E-state index is 12.2. The van der Waals surface area contributed by atoms with Crippen molar-refractivity contribution in [1.82, 2.24) is 15.6 Å². The van der Waals surface area contributed by atoms with Gasteiger partial charge in [-0.25, -0.2) is 5.43 Å². The van der Waals surface area contributed by atoms with Crippen molar-refractivity contribution < 1.29 is 14.5 Å². The van der Waals surface area contributed by atoms with E-state index in [2.05, 4.69) is 20.7 Å². The number of para-hydroxylation sites is 1. The fourth-order valence-electron chi connectivity index (χ4n) is 2.34. The van der Waals surface area contributed by atoms with Crippen LogP contribution in [0, 0.1) is 10.1 Å². The molecule has 3 rings (SSSR count). The van der Waals surface area contributed by atoms with Gasteiger partial charge < -0.3 is 4.74 Å². The van der Waals surface area contributed by atoms with E-state index in [4.69, 9.17) is 4.74 Å². The number of nitro benzene ring substituents is 1. The topological polar surface area (TPSA) is 123 Å². The van der Waals surface area contributed by atoms with Crippen molar-refractivity contribution in [3.05, 3.63) is 76.0 Å². The third-order valence-corrected chi connectivity index (χ3v) is 3.69. The van der Waals surface area contributed by atoms with Crippen LogP contribution < -0.4 is 10.2 Å². The van der Waals surface area contributed by atoms with Gasteiger partial charge >= 0.3 is 0 Å². The molecule has 0 aliphatic rings. The number of aromatic amines is 1. The summed E-state index contributed by atoms with van der Waals surface area (Å²) in [5.41, 5.74) is 4.52. The number of ether oxygens (including phenoxy) is 1. The number of rotatable bonds is 6. The number of non-ortho nitro benzene ring substituents is 1. The Hall–Kier alpha value is -4.01. The van der Waals surface area contributed by atoms with Crippen LogP contribution in [0.4, 0.5) is 5.69 Å². The summed E-state index contributed by atoms with van der Waals surface area (Å²) in [7, 11) is 1.56. The summed E-state index contributed by atoms with van der Waals surface area (Å²) in [6.45, 7) is 0. The Morgan fingerprint density at radius 2 is 2.00 bits per heavy atom. The smallest absolute Gasteiger partial charge is 0.289 e. The highest BCUT2D eigenvalue weighted by Crippen LogP contribution is 2.28. The minimum absolute atomic E-state index is 0.0162. The zero-order chi connectivity index (χ0) is 19.2. The fourth-order valence-corrected chi connectivity index (χ4v) is 2.34. The summed E-state index contributed by atoms with van der Waals surface area (Å²) in [5.74, 6) is 0.175. The van der Waals surface area contributed by atoms with Crippen LogP contribution in [0.15, 0.2) is 59.7 Å². The molecule has 0 saturated heterocycles. The first-order valence-corrected chi connectivity index (χ1v) is 7.85. The van der Waals surface area contributed by atoms with Crippen LogP contribution in [0.2, 0.25) is 0 Å². The predicted octanol–water partition coefficient (Wildman–Crippen LogP) is 2.76. The molecule has 1 aromatic heterocycles. The number of hydrogen-bond acceptors (Lipinski definition) is 6. The maximum absolute atomic E-state index is 12.2. The molecule has 0 saturated carbocycles. The molecule has 0 unspecified atom stereocenters. The van der Waals surface area contributed by atoms with Gasteiger partial charge in [0.25, 0.3) is 11.6 Å². The van der Waals surface area contributed by atoms with Crippen LogP contribution in [-0.4, -0.2) is 34.4 Å². The van der Waals surface area contributed by atoms with E-state index in [0.717, 1.165) is 5.56 Å². The summed E-state index contributed by atoms with van der Waals surface area (Å²) in [5, 5.41) is 21.2. The van der Waals surface area contributed by atoms with Crippen LogP contribution in [0.5, 0.6) is 5.75 Å². The lowest BCUT2D eigenvalue weighted by atomic mass is 10.1. The molecule has 0 bridgehead atoms. The molecule has 1 amide bonds. The number of benzene rings is 2. The highest BCUT2D eigenvalue weighted by Gasteiger charge is 2.13. The largest absolute Gasteiger partial charge is 0.496 e. The number of H-pyrrole nitrogens is 1. The molecular weight excluding hydrogens is 350 g/mol. The Labute approximate surface area is 153 Å². The lowest BCUT2D eigenvalue weighted by Gasteiger charge is -2.04. The number of hydrogen-bond donors (Lipinski definition) is 2. The van der Waals surface area contributed by atoms with Crippen molar-refractivity contribution in [2.24, 2.45) is 5.10 Å². The quantitative estimate of drug-likeness (QED) is 0.395. The number of hydrazone groups is 1. The van der Waals surface area contributed by atoms with Gasteiger partial charge in [0.15, 0.2) is 0 Å². The van der Waals surface area contributed by atoms with E-state index in [1.807, 2.05) is 18.2 Å². The number of carbonyl (C=O) groups excluding carboxylic acids is 1. The van der Waals surface area contributed by atoms with E-state index in [1.54, 1.807) is 19.2 Å². The molecule has 0 atom stereocenters. The molecule has 9 nitrogen and oxygen atoms in total. The van der Waals surface area contributed by atoms with Crippen LogP contribution >= 0.6 is 0 Å². The zero-order valence-corrected chi connectivity index (χ0v) is 14.2. The van der Waals surface area contributed by atoms with Crippen molar-refractivity contribution in [2.45, 2.75) is 0 Å². The monoisotopic (exact) mass is 365 g/mol. The minimum atomic E-state index is -0.486. The number of nitrogens with zero attached hydrogens (tertiary/aromatic N) is 3. The maximum Gasteiger partial charge on any atom is 0.289 e. The molecule has 3 aromatic rings. The van der Waals surface area contributed by atoms with Gasteiger partial charge in [0.05, 0.1) is 23.9 Å². The molecule has 0 aliphatic carbocycles. The van der Waals surface area contributed by atoms with Crippen LogP contribution in [0.25, 0.3) is 11.3 Å². The zero-order valence-electron chi connectivity index (χ0n) is 14.2. The van der Waals surface area contributed by atoms with Crippen molar-refractivity contribution in [3.63, 3.8) is 0 Å². The van der Waals surface area contributed by atoms with Gasteiger partial charge in [-0.1, -0.05) is 12.1 Å². The predicted molar refractivity (Wildman–Crippen MR) is 98.7 cm³/mol. The van der Waals surface area contributed by atoms with Crippen molar-refractivity contribution >= 4 is 17.8 Å². The minimum Gasteiger partial charge on any atom is -0.496 e. The number of nitrogens with one attached hydrogen (secondary N) is 2. The van der Waals surface area contributed by atoms with Crippen molar-refractivity contribution in [1.29, 1.82) is 0 Å². The van der Waals surface area contributed by atoms with Gasteiger partial charge in [-0.3, -0.25) is 20.0 Å². The Morgan fingerprint density at radius 1 is 1.26 bits per heavy atom. The lowest BCUT2D eigenvalue weighted by Crippen LogP contribution is -2.17. The molecule has 0 spiro atoms. The number of aromatic nitrogens is 2. The summed E-state index contributed by atoms with van der Waals surface area (Å²) in [6, 6.07) is 14.7. The Morgan fingerprint density at radius 3 is 2.70 bits per heavy atom. The number of amides is 1. The van der Waals surface area contributed by atoms with Gasteiger partial charge in [0, 0.05) is 17.7 Å². The first-order chi connectivity index (χ1) is 13.1. The van der Waals surface area contributed by atoms with E-state index in [-0.39, 0.29) is 11.4 Å². The number of methoxy groups -OCH3 is 1. The van der Waals surface area contributed by atoms with E-state index in [1.165, 1.54) is 30.5 Å². The van der Waals surface area contributed by atoms with E-state index < -0.39 is 10.8 Å². The van der Waals surface area contributed by atoms with E-state index >= 15 is 0 Å². The molecule has 2 N–H and O–H groups in total. The molecule has 9 heteroatoms. The van der Waals surface area contributed by atoms with Crippen molar-refractivity contribution in [2.75, 3.05) is 7.11 Å². The molecule has 0 fully saturated rings. The SMILES string of the molecule is COc1ccccc1-c1cc(C(=O)N/N=C\c2ccc([N+](=O)[O-])cc2)[nH]n1. The number of nitro groups is 1. The van der Waals surface area contributed by atoms with Crippen LogP contribution in [0.1, 0.15) is 16.1 Å². The molecule has 2 aromatic carbocycles. The number of carbonyl (C=O) groups is 1. The molecule has 27 heavy (non-hydrogen) atoms. The lowest BCUT2D eigenvalue weighted by molar-refractivity contribution is -0.384. The third kappa shape index (κ3) is 4.15. The van der Waals surface area contributed by atoms with Gasteiger partial charge in [-0.15, -0.1) is 0 Å². The average Bonchev–Trinajstić information content (AvgIpc) is 3.18. The molecule has 0 radical (unpaired) electrons. The van der Waals surface area contributed by atoms with Gasteiger partial charge in [0.2, 0.25) is 0 Å². The van der Waals surface area contributed by atoms with Crippen LogP contribution in [0.3, 0.4) is 0 Å². The second kappa shape index (κ2) is 7.91. The molecule has 0 aliphatic heterocycles. The fraction of sp³-hybridized carbons (Fsp3) is 0.0556. The highest BCUT2D eigenvalue weighted by atomic mass is 16.6. The molecular formula is C18H15N5O4. The summed E-state index contributed by atoms with van der Waals surface area (Å²) >= 11 is 0. The van der Waals surface area contributed by atoms with E-state index in [9.17, 15) is 14.9 Å². The average molecular weight is 365 g/mol. The summed E-state index contributed by atoms with van der Waals surface area (Å²) in [6.07, 6.45) is 1.39.